The Hall–Kier alpha value is -2.74. The molecular formula is C15H12FN3O3S. The number of hydrogen-bond acceptors (Lipinski definition) is 4. The highest BCUT2D eigenvalue weighted by Gasteiger charge is 2.17. The molecule has 0 atom stereocenters. The molecule has 0 saturated carbocycles. The van der Waals surface area contributed by atoms with Crippen LogP contribution in [0.2, 0.25) is 0 Å². The molecule has 1 aromatic heterocycles. The number of aromatic amines is 1. The van der Waals surface area contributed by atoms with Gasteiger partial charge in [-0.15, -0.1) is 0 Å². The number of H-pyrrole nitrogens is 1. The van der Waals surface area contributed by atoms with Gasteiger partial charge in [-0.25, -0.2) is 17.8 Å². The molecule has 0 unspecified atom stereocenters. The second-order valence-electron chi connectivity index (χ2n) is 5.00. The summed E-state index contributed by atoms with van der Waals surface area (Å²) in [5.74, 6) is -0.681. The predicted octanol–water partition coefficient (Wildman–Crippen LogP) is 2.17. The van der Waals surface area contributed by atoms with Crippen LogP contribution in [0.25, 0.3) is 10.9 Å². The third kappa shape index (κ3) is 2.93. The molecule has 2 aromatic carbocycles. The maximum absolute atomic E-state index is 13.7. The molecule has 0 aliphatic carbocycles. The van der Waals surface area contributed by atoms with Crippen LogP contribution in [-0.4, -0.2) is 18.4 Å². The molecule has 0 bridgehead atoms. The number of rotatable bonds is 3. The van der Waals surface area contributed by atoms with E-state index in [-0.39, 0.29) is 16.0 Å². The first-order valence-corrected chi connectivity index (χ1v) is 8.11. The number of nitrogens with one attached hydrogen (secondary N) is 2. The lowest BCUT2D eigenvalue weighted by Gasteiger charge is -2.10. The third-order valence-electron chi connectivity index (χ3n) is 3.29. The van der Waals surface area contributed by atoms with Gasteiger partial charge in [0.25, 0.3) is 15.6 Å². The summed E-state index contributed by atoms with van der Waals surface area (Å²) < 4.78 is 40.8. The highest BCUT2D eigenvalue weighted by Crippen LogP contribution is 2.21. The van der Waals surface area contributed by atoms with Gasteiger partial charge in [-0.05, 0) is 42.8 Å². The zero-order valence-corrected chi connectivity index (χ0v) is 12.8. The zero-order chi connectivity index (χ0) is 16.6. The van der Waals surface area contributed by atoms with E-state index in [2.05, 4.69) is 14.7 Å². The minimum Gasteiger partial charge on any atom is -0.313 e. The van der Waals surface area contributed by atoms with Crippen LogP contribution in [0.15, 0.2) is 52.4 Å². The molecular weight excluding hydrogens is 321 g/mol. The van der Waals surface area contributed by atoms with Crippen molar-refractivity contribution < 1.29 is 12.8 Å². The molecule has 118 valence electrons. The van der Waals surface area contributed by atoms with Crippen molar-refractivity contribution in [3.63, 3.8) is 0 Å². The molecule has 0 fully saturated rings. The monoisotopic (exact) mass is 333 g/mol. The van der Waals surface area contributed by atoms with Gasteiger partial charge in [-0.1, -0.05) is 6.07 Å². The van der Waals surface area contributed by atoms with Crippen LogP contribution in [0.3, 0.4) is 0 Å². The summed E-state index contributed by atoms with van der Waals surface area (Å²) in [5.41, 5.74) is 0.483. The summed E-state index contributed by atoms with van der Waals surface area (Å²) in [6.45, 7) is 1.72. The molecule has 0 aliphatic rings. The summed E-state index contributed by atoms with van der Waals surface area (Å²) >= 11 is 0. The number of fused-ring (bicyclic) bond motifs is 1. The maximum atomic E-state index is 13.7. The van der Waals surface area contributed by atoms with E-state index < -0.39 is 21.4 Å². The van der Waals surface area contributed by atoms with Crippen molar-refractivity contribution in [2.75, 3.05) is 4.72 Å². The van der Waals surface area contributed by atoms with Crippen LogP contribution in [0, 0.1) is 12.7 Å². The molecule has 8 heteroatoms. The van der Waals surface area contributed by atoms with Gasteiger partial charge in [0.15, 0.2) is 0 Å². The first-order valence-electron chi connectivity index (χ1n) is 6.63. The van der Waals surface area contributed by atoms with Gasteiger partial charge in [0.1, 0.15) is 5.82 Å². The Bertz CT molecular complexity index is 1060. The number of aryl methyl sites for hydroxylation is 1. The Labute approximate surface area is 131 Å². The van der Waals surface area contributed by atoms with Crippen LogP contribution >= 0.6 is 0 Å². The summed E-state index contributed by atoms with van der Waals surface area (Å²) in [6, 6.07) is 8.05. The van der Waals surface area contributed by atoms with Crippen molar-refractivity contribution in [3.05, 3.63) is 64.5 Å². The Morgan fingerprint density at radius 2 is 1.96 bits per heavy atom. The van der Waals surface area contributed by atoms with Crippen molar-refractivity contribution in [2.45, 2.75) is 11.8 Å². The first-order chi connectivity index (χ1) is 10.9. The van der Waals surface area contributed by atoms with Gasteiger partial charge in [0.05, 0.1) is 27.8 Å². The van der Waals surface area contributed by atoms with Gasteiger partial charge in [0, 0.05) is 0 Å². The third-order valence-corrected chi connectivity index (χ3v) is 4.65. The Morgan fingerprint density at radius 3 is 2.74 bits per heavy atom. The Balaban J connectivity index is 2.08. The zero-order valence-electron chi connectivity index (χ0n) is 12.0. The van der Waals surface area contributed by atoms with Crippen molar-refractivity contribution in [1.82, 2.24) is 9.97 Å². The fourth-order valence-corrected chi connectivity index (χ4v) is 3.22. The van der Waals surface area contributed by atoms with E-state index >= 15 is 0 Å². The summed E-state index contributed by atoms with van der Waals surface area (Å²) in [4.78, 5) is 17.9. The van der Waals surface area contributed by atoms with Gasteiger partial charge in [0.2, 0.25) is 0 Å². The molecule has 3 rings (SSSR count). The van der Waals surface area contributed by atoms with Gasteiger partial charge < -0.3 is 4.98 Å². The molecule has 6 nitrogen and oxygen atoms in total. The van der Waals surface area contributed by atoms with Crippen molar-refractivity contribution >= 4 is 26.6 Å². The van der Waals surface area contributed by atoms with Crippen LogP contribution in [0.5, 0.6) is 0 Å². The number of sulfonamides is 1. The SMILES string of the molecule is Cc1ccc(F)c(NS(=O)(=O)c2ccc3nc[nH]c(=O)c3c2)c1. The normalized spacial score (nSPS) is 11.6. The highest BCUT2D eigenvalue weighted by molar-refractivity contribution is 7.92. The fourth-order valence-electron chi connectivity index (χ4n) is 2.14. The lowest BCUT2D eigenvalue weighted by molar-refractivity contribution is 0.598. The van der Waals surface area contributed by atoms with Gasteiger partial charge >= 0.3 is 0 Å². The Kier molecular flexibility index (Phi) is 3.61. The number of hydrogen-bond donors (Lipinski definition) is 2. The highest BCUT2D eigenvalue weighted by atomic mass is 32.2. The van der Waals surface area contributed by atoms with Crippen molar-refractivity contribution in [1.29, 1.82) is 0 Å². The van der Waals surface area contributed by atoms with E-state index in [1.165, 1.54) is 42.7 Å². The summed E-state index contributed by atoms with van der Waals surface area (Å²) in [6.07, 6.45) is 1.24. The van der Waals surface area contributed by atoms with E-state index in [1.54, 1.807) is 6.92 Å². The van der Waals surface area contributed by atoms with Crippen molar-refractivity contribution in [3.8, 4) is 0 Å². The van der Waals surface area contributed by atoms with Gasteiger partial charge in [-0.2, -0.15) is 0 Å². The molecule has 0 saturated heterocycles. The molecule has 2 N–H and O–H groups in total. The molecule has 0 radical (unpaired) electrons. The molecule has 0 amide bonds. The van der Waals surface area contributed by atoms with Crippen LogP contribution < -0.4 is 10.3 Å². The smallest absolute Gasteiger partial charge is 0.262 e. The first kappa shape index (κ1) is 15.2. The average molecular weight is 333 g/mol. The number of halogens is 1. The number of nitrogens with zero attached hydrogens (tertiary/aromatic N) is 1. The molecule has 0 aliphatic heterocycles. The maximum Gasteiger partial charge on any atom is 0.262 e. The van der Waals surface area contributed by atoms with Crippen molar-refractivity contribution in [2.24, 2.45) is 0 Å². The lowest BCUT2D eigenvalue weighted by Crippen LogP contribution is -2.15. The number of benzene rings is 2. The van der Waals surface area contributed by atoms with Crippen LogP contribution in [0.4, 0.5) is 10.1 Å². The van der Waals surface area contributed by atoms with E-state index in [1.807, 2.05) is 0 Å². The molecule has 1 heterocycles. The fraction of sp³-hybridized carbons (Fsp3) is 0.0667. The van der Waals surface area contributed by atoms with E-state index in [9.17, 15) is 17.6 Å². The standard InChI is InChI=1S/C15H12FN3O3S/c1-9-2-4-12(16)14(6-9)19-23(21,22)10-3-5-13-11(7-10)15(20)18-8-17-13/h2-8,19H,1H3,(H,17,18,20). The largest absolute Gasteiger partial charge is 0.313 e. The lowest BCUT2D eigenvalue weighted by atomic mass is 10.2. The number of anilines is 1. The van der Waals surface area contributed by atoms with Crippen LogP contribution in [0.1, 0.15) is 5.56 Å². The van der Waals surface area contributed by atoms with Crippen LogP contribution in [-0.2, 0) is 10.0 Å². The summed E-state index contributed by atoms with van der Waals surface area (Å²) in [7, 11) is -4.03. The topological polar surface area (TPSA) is 91.9 Å². The Morgan fingerprint density at radius 1 is 1.17 bits per heavy atom. The van der Waals surface area contributed by atoms with E-state index in [0.717, 1.165) is 0 Å². The second kappa shape index (κ2) is 5.47. The van der Waals surface area contributed by atoms with E-state index in [0.29, 0.717) is 11.1 Å². The number of aromatic nitrogens is 2. The molecule has 0 spiro atoms. The quantitative estimate of drug-likeness (QED) is 0.768. The van der Waals surface area contributed by atoms with Gasteiger partial charge in [-0.3, -0.25) is 9.52 Å². The second-order valence-corrected chi connectivity index (χ2v) is 6.68. The molecule has 23 heavy (non-hydrogen) atoms. The van der Waals surface area contributed by atoms with E-state index in [4.69, 9.17) is 0 Å². The summed E-state index contributed by atoms with van der Waals surface area (Å²) in [5, 5.41) is 0.139. The minimum absolute atomic E-state index is 0.139. The average Bonchev–Trinajstić information content (AvgIpc) is 2.51. The predicted molar refractivity (Wildman–Crippen MR) is 84.3 cm³/mol. The minimum atomic E-state index is -4.03. The molecule has 3 aromatic rings.